The van der Waals surface area contributed by atoms with Gasteiger partial charge in [-0.1, -0.05) is 35.9 Å². The average molecular weight is 306 g/mol. The van der Waals surface area contributed by atoms with E-state index in [1.54, 1.807) is 6.92 Å². The van der Waals surface area contributed by atoms with E-state index in [2.05, 4.69) is 10.3 Å². The van der Waals surface area contributed by atoms with Gasteiger partial charge in [0.15, 0.2) is 5.69 Å². The summed E-state index contributed by atoms with van der Waals surface area (Å²) in [6.45, 7) is 5.73. The number of anilines is 1. The van der Waals surface area contributed by atoms with Crippen molar-refractivity contribution in [1.82, 2.24) is 4.98 Å². The minimum Gasteiger partial charge on any atom is -0.441 e. The molecule has 4 heteroatoms. The van der Waals surface area contributed by atoms with Crippen molar-refractivity contribution >= 4 is 11.6 Å². The van der Waals surface area contributed by atoms with Crippen LogP contribution in [0.25, 0.3) is 11.5 Å². The van der Waals surface area contributed by atoms with Gasteiger partial charge in [0, 0.05) is 11.3 Å². The maximum Gasteiger partial charge on any atom is 0.277 e. The fourth-order valence-electron chi connectivity index (χ4n) is 2.45. The Kier molecular flexibility index (Phi) is 3.98. The maximum absolute atomic E-state index is 12.5. The lowest BCUT2D eigenvalue weighted by Crippen LogP contribution is -2.14. The summed E-state index contributed by atoms with van der Waals surface area (Å²) in [6, 6.07) is 15.4. The topological polar surface area (TPSA) is 55.1 Å². The van der Waals surface area contributed by atoms with Crippen molar-refractivity contribution in [2.75, 3.05) is 5.32 Å². The van der Waals surface area contributed by atoms with Crippen molar-refractivity contribution in [2.24, 2.45) is 0 Å². The highest BCUT2D eigenvalue weighted by Crippen LogP contribution is 2.23. The molecule has 4 nitrogen and oxygen atoms in total. The molecule has 0 saturated carbocycles. The molecule has 0 saturated heterocycles. The lowest BCUT2D eigenvalue weighted by Gasteiger charge is -2.07. The molecule has 0 spiro atoms. The number of nitrogens with zero attached hydrogens (tertiary/aromatic N) is 1. The van der Waals surface area contributed by atoms with Gasteiger partial charge >= 0.3 is 0 Å². The van der Waals surface area contributed by atoms with E-state index in [4.69, 9.17) is 4.42 Å². The Bertz CT molecular complexity index is 851. The van der Waals surface area contributed by atoms with Gasteiger partial charge in [0.25, 0.3) is 5.91 Å². The van der Waals surface area contributed by atoms with Crippen LogP contribution in [0.4, 0.5) is 5.69 Å². The molecule has 3 aromatic rings. The number of amides is 1. The Labute approximate surface area is 135 Å². The molecule has 23 heavy (non-hydrogen) atoms. The molecule has 0 aliphatic carbocycles. The summed E-state index contributed by atoms with van der Waals surface area (Å²) >= 11 is 0. The van der Waals surface area contributed by atoms with E-state index < -0.39 is 0 Å². The minimum atomic E-state index is -0.264. The van der Waals surface area contributed by atoms with E-state index in [-0.39, 0.29) is 5.91 Å². The molecule has 0 bridgehead atoms. The third kappa shape index (κ3) is 3.16. The number of rotatable bonds is 3. The summed E-state index contributed by atoms with van der Waals surface area (Å²) < 4.78 is 5.64. The summed E-state index contributed by atoms with van der Waals surface area (Å²) in [7, 11) is 0. The van der Waals surface area contributed by atoms with Crippen molar-refractivity contribution < 1.29 is 9.21 Å². The van der Waals surface area contributed by atoms with E-state index >= 15 is 0 Å². The quantitative estimate of drug-likeness (QED) is 0.774. The van der Waals surface area contributed by atoms with Crippen molar-refractivity contribution in [3.8, 4) is 11.5 Å². The number of oxazole rings is 1. The molecule has 1 heterocycles. The third-order valence-electron chi connectivity index (χ3n) is 3.66. The zero-order chi connectivity index (χ0) is 16.4. The zero-order valence-corrected chi connectivity index (χ0v) is 13.4. The number of carbonyl (C=O) groups is 1. The van der Waals surface area contributed by atoms with E-state index in [1.165, 1.54) is 0 Å². The molecular formula is C19H18N2O2. The predicted molar refractivity (Wildman–Crippen MR) is 90.5 cm³/mol. The first-order chi connectivity index (χ1) is 11.0. The smallest absolute Gasteiger partial charge is 0.277 e. The maximum atomic E-state index is 12.5. The number of aryl methyl sites for hydroxylation is 3. The average Bonchev–Trinajstić information content (AvgIpc) is 2.93. The first-order valence-corrected chi connectivity index (χ1v) is 7.46. The first kappa shape index (κ1) is 15.0. The Balaban J connectivity index is 1.87. The fourth-order valence-corrected chi connectivity index (χ4v) is 2.45. The summed E-state index contributed by atoms with van der Waals surface area (Å²) in [5.41, 5.74) is 4.11. The molecule has 3 rings (SSSR count). The number of carbonyl (C=O) groups excluding carboxylic acids is 1. The van der Waals surface area contributed by atoms with Crippen LogP contribution in [0.3, 0.4) is 0 Å². The van der Waals surface area contributed by atoms with Gasteiger partial charge in [-0.05, 0) is 44.5 Å². The second kappa shape index (κ2) is 6.08. The van der Waals surface area contributed by atoms with Crippen LogP contribution >= 0.6 is 0 Å². The second-order valence-electron chi connectivity index (χ2n) is 5.56. The van der Waals surface area contributed by atoms with Gasteiger partial charge in [-0.25, -0.2) is 4.98 Å². The largest absolute Gasteiger partial charge is 0.441 e. The Morgan fingerprint density at radius 1 is 1.04 bits per heavy atom. The minimum absolute atomic E-state index is 0.264. The molecule has 0 radical (unpaired) electrons. The molecule has 0 aliphatic rings. The van der Waals surface area contributed by atoms with Crippen molar-refractivity contribution in [3.63, 3.8) is 0 Å². The van der Waals surface area contributed by atoms with Gasteiger partial charge < -0.3 is 9.73 Å². The van der Waals surface area contributed by atoms with Crippen LogP contribution in [-0.4, -0.2) is 10.9 Å². The van der Waals surface area contributed by atoms with E-state index in [9.17, 15) is 4.79 Å². The highest BCUT2D eigenvalue weighted by atomic mass is 16.4. The molecule has 0 unspecified atom stereocenters. The second-order valence-corrected chi connectivity index (χ2v) is 5.56. The number of hydrogen-bond donors (Lipinski definition) is 1. The van der Waals surface area contributed by atoms with Crippen LogP contribution in [0.1, 0.15) is 27.4 Å². The van der Waals surface area contributed by atoms with Crippen LogP contribution in [0.5, 0.6) is 0 Å². The highest BCUT2D eigenvalue weighted by Gasteiger charge is 2.18. The molecule has 2 aromatic carbocycles. The molecule has 1 amide bonds. The van der Waals surface area contributed by atoms with Crippen LogP contribution < -0.4 is 5.32 Å². The SMILES string of the molecule is Cc1ccc(NC(=O)c2nc(-c3ccccc3)oc2C)c(C)c1. The van der Waals surface area contributed by atoms with E-state index in [1.807, 2.05) is 62.4 Å². The number of aromatic nitrogens is 1. The number of hydrogen-bond acceptors (Lipinski definition) is 3. The Morgan fingerprint density at radius 3 is 2.48 bits per heavy atom. The summed E-state index contributed by atoms with van der Waals surface area (Å²) in [5.74, 6) is 0.695. The van der Waals surface area contributed by atoms with Gasteiger partial charge in [0.05, 0.1) is 0 Å². The fraction of sp³-hybridized carbons (Fsp3) is 0.158. The molecule has 0 atom stereocenters. The van der Waals surface area contributed by atoms with Crippen LogP contribution in [-0.2, 0) is 0 Å². The number of nitrogens with one attached hydrogen (secondary N) is 1. The predicted octanol–water partition coefficient (Wildman–Crippen LogP) is 4.52. The standard InChI is InChI=1S/C19H18N2O2/c1-12-9-10-16(13(2)11-12)20-18(22)17-14(3)23-19(21-17)15-7-5-4-6-8-15/h4-11H,1-3H3,(H,20,22). The summed E-state index contributed by atoms with van der Waals surface area (Å²) in [5, 5.41) is 2.90. The van der Waals surface area contributed by atoms with Gasteiger partial charge in [0.1, 0.15) is 5.76 Å². The van der Waals surface area contributed by atoms with Gasteiger partial charge in [0.2, 0.25) is 5.89 Å². The van der Waals surface area contributed by atoms with Gasteiger partial charge in [-0.15, -0.1) is 0 Å². The Hall–Kier alpha value is -2.88. The molecule has 0 fully saturated rings. The molecular weight excluding hydrogens is 288 g/mol. The zero-order valence-electron chi connectivity index (χ0n) is 13.4. The van der Waals surface area contributed by atoms with Crippen molar-refractivity contribution in [2.45, 2.75) is 20.8 Å². The van der Waals surface area contributed by atoms with E-state index in [0.29, 0.717) is 17.3 Å². The van der Waals surface area contributed by atoms with Crippen LogP contribution in [0.2, 0.25) is 0 Å². The third-order valence-corrected chi connectivity index (χ3v) is 3.66. The summed E-state index contributed by atoms with van der Waals surface area (Å²) in [6.07, 6.45) is 0. The normalized spacial score (nSPS) is 10.6. The van der Waals surface area contributed by atoms with Crippen molar-refractivity contribution in [1.29, 1.82) is 0 Å². The van der Waals surface area contributed by atoms with E-state index in [0.717, 1.165) is 22.4 Å². The lowest BCUT2D eigenvalue weighted by molar-refractivity contribution is 0.102. The van der Waals surface area contributed by atoms with Crippen LogP contribution in [0.15, 0.2) is 52.9 Å². The Morgan fingerprint density at radius 2 is 1.78 bits per heavy atom. The lowest BCUT2D eigenvalue weighted by atomic mass is 10.1. The molecule has 1 aromatic heterocycles. The van der Waals surface area contributed by atoms with Crippen molar-refractivity contribution in [3.05, 3.63) is 71.1 Å². The van der Waals surface area contributed by atoms with Crippen LogP contribution in [0, 0.1) is 20.8 Å². The molecule has 1 N–H and O–H groups in total. The first-order valence-electron chi connectivity index (χ1n) is 7.46. The molecule has 116 valence electrons. The monoisotopic (exact) mass is 306 g/mol. The summed E-state index contributed by atoms with van der Waals surface area (Å²) in [4.78, 5) is 16.8. The van der Waals surface area contributed by atoms with Gasteiger partial charge in [-0.2, -0.15) is 0 Å². The highest BCUT2D eigenvalue weighted by molar-refractivity contribution is 6.04. The number of benzene rings is 2. The van der Waals surface area contributed by atoms with Gasteiger partial charge in [-0.3, -0.25) is 4.79 Å². The molecule has 0 aliphatic heterocycles.